The van der Waals surface area contributed by atoms with E-state index in [9.17, 15) is 19.5 Å². The van der Waals surface area contributed by atoms with Crippen LogP contribution in [0.1, 0.15) is 55.6 Å². The van der Waals surface area contributed by atoms with E-state index in [2.05, 4.69) is 16.8 Å². The molecule has 0 spiro atoms. The average molecular weight is 450 g/mol. The van der Waals surface area contributed by atoms with Gasteiger partial charge in [0.15, 0.2) is 6.61 Å². The van der Waals surface area contributed by atoms with Crippen LogP contribution in [0, 0.1) is 24.7 Å². The number of carbonyl (C=O) groups excluding carboxylic acids is 1. The average Bonchev–Trinajstić information content (AvgIpc) is 3.48. The molecule has 1 aliphatic heterocycles. The number of hydrogen-bond acceptors (Lipinski definition) is 5. The molecular weight excluding hydrogens is 422 g/mol. The SMILES string of the molecule is Cc1nc(OCC(=O)N2CCCC2C(=O)O)cc(=O)n1[C@H](C)c1ccc(C#CC2CC2)cc1. The molecule has 1 N–H and O–H groups in total. The highest BCUT2D eigenvalue weighted by Crippen LogP contribution is 2.27. The first-order valence-corrected chi connectivity index (χ1v) is 11.2. The number of likely N-dealkylation sites (tertiary alicyclic amines) is 1. The number of aliphatic carboxylic acids is 1. The van der Waals surface area contributed by atoms with E-state index in [0.29, 0.717) is 31.1 Å². The third-order valence-electron chi connectivity index (χ3n) is 6.09. The van der Waals surface area contributed by atoms with Gasteiger partial charge in [-0.2, -0.15) is 0 Å². The number of carboxylic acids is 1. The summed E-state index contributed by atoms with van der Waals surface area (Å²) in [5.74, 6) is 6.02. The number of ether oxygens (including phenoxy) is 1. The van der Waals surface area contributed by atoms with Gasteiger partial charge in [-0.05, 0) is 57.2 Å². The molecule has 8 nitrogen and oxygen atoms in total. The monoisotopic (exact) mass is 449 g/mol. The van der Waals surface area contributed by atoms with Gasteiger partial charge in [-0.1, -0.05) is 24.0 Å². The van der Waals surface area contributed by atoms with Crippen LogP contribution in [-0.4, -0.2) is 50.6 Å². The maximum atomic E-state index is 12.8. The molecule has 1 saturated carbocycles. The van der Waals surface area contributed by atoms with Crippen LogP contribution in [0.2, 0.25) is 0 Å². The molecule has 2 atom stereocenters. The molecular formula is C25H27N3O5. The molecule has 0 radical (unpaired) electrons. The predicted octanol–water partition coefficient (Wildman–Crippen LogP) is 2.38. The molecule has 1 unspecified atom stereocenters. The summed E-state index contributed by atoms with van der Waals surface area (Å²) in [6.45, 7) is 3.65. The minimum atomic E-state index is -1.02. The molecule has 2 heterocycles. The Labute approximate surface area is 192 Å². The molecule has 1 aromatic heterocycles. The minimum Gasteiger partial charge on any atom is -0.480 e. The third-order valence-corrected chi connectivity index (χ3v) is 6.09. The second-order valence-corrected chi connectivity index (χ2v) is 8.56. The van der Waals surface area contributed by atoms with Crippen LogP contribution in [0.25, 0.3) is 0 Å². The Bertz CT molecular complexity index is 1170. The van der Waals surface area contributed by atoms with Gasteiger partial charge in [0.05, 0.1) is 12.1 Å². The van der Waals surface area contributed by atoms with Crippen molar-refractivity contribution in [2.75, 3.05) is 13.2 Å². The maximum Gasteiger partial charge on any atom is 0.326 e. The van der Waals surface area contributed by atoms with E-state index in [0.717, 1.165) is 11.1 Å². The molecule has 2 aromatic rings. The van der Waals surface area contributed by atoms with E-state index in [1.54, 1.807) is 11.5 Å². The Morgan fingerprint density at radius 3 is 2.61 bits per heavy atom. The second-order valence-electron chi connectivity index (χ2n) is 8.56. The number of benzene rings is 1. The van der Waals surface area contributed by atoms with Crippen molar-refractivity contribution < 1.29 is 19.4 Å². The Morgan fingerprint density at radius 1 is 1.24 bits per heavy atom. The van der Waals surface area contributed by atoms with E-state index in [1.807, 2.05) is 31.2 Å². The number of rotatable bonds is 6. The van der Waals surface area contributed by atoms with Gasteiger partial charge in [-0.25, -0.2) is 9.78 Å². The summed E-state index contributed by atoms with van der Waals surface area (Å²) < 4.78 is 7.02. The molecule has 1 aliphatic carbocycles. The zero-order valence-corrected chi connectivity index (χ0v) is 18.8. The van der Waals surface area contributed by atoms with Crippen molar-refractivity contribution in [3.63, 3.8) is 0 Å². The van der Waals surface area contributed by atoms with Crippen LogP contribution < -0.4 is 10.3 Å². The van der Waals surface area contributed by atoms with E-state index < -0.39 is 17.9 Å². The van der Waals surface area contributed by atoms with Crippen LogP contribution in [0.3, 0.4) is 0 Å². The molecule has 1 amide bonds. The highest BCUT2D eigenvalue weighted by molar-refractivity contribution is 5.85. The van der Waals surface area contributed by atoms with E-state index in [1.165, 1.54) is 23.8 Å². The van der Waals surface area contributed by atoms with Crippen LogP contribution in [-0.2, 0) is 9.59 Å². The summed E-state index contributed by atoms with van der Waals surface area (Å²) in [4.78, 5) is 42.1. The lowest BCUT2D eigenvalue weighted by Crippen LogP contribution is -2.42. The summed E-state index contributed by atoms with van der Waals surface area (Å²) in [6.07, 6.45) is 3.45. The second kappa shape index (κ2) is 9.49. The van der Waals surface area contributed by atoms with E-state index in [4.69, 9.17) is 4.74 Å². The molecule has 4 rings (SSSR count). The molecule has 1 aromatic carbocycles. The van der Waals surface area contributed by atoms with Gasteiger partial charge >= 0.3 is 5.97 Å². The summed E-state index contributed by atoms with van der Waals surface area (Å²) in [6, 6.07) is 8.03. The lowest BCUT2D eigenvalue weighted by Gasteiger charge is -2.21. The Kier molecular flexibility index (Phi) is 6.50. The van der Waals surface area contributed by atoms with Gasteiger partial charge in [0.25, 0.3) is 11.5 Å². The van der Waals surface area contributed by atoms with Gasteiger partial charge in [0, 0.05) is 18.0 Å². The molecule has 0 bridgehead atoms. The van der Waals surface area contributed by atoms with Crippen molar-refractivity contribution >= 4 is 11.9 Å². The van der Waals surface area contributed by atoms with Crippen molar-refractivity contribution in [2.24, 2.45) is 5.92 Å². The predicted molar refractivity (Wildman–Crippen MR) is 121 cm³/mol. The number of amides is 1. The first-order valence-electron chi connectivity index (χ1n) is 11.2. The number of carbonyl (C=O) groups is 2. The van der Waals surface area contributed by atoms with Crippen molar-refractivity contribution in [2.45, 2.75) is 51.6 Å². The summed E-state index contributed by atoms with van der Waals surface area (Å²) >= 11 is 0. The lowest BCUT2D eigenvalue weighted by atomic mass is 10.1. The van der Waals surface area contributed by atoms with Crippen molar-refractivity contribution in [3.8, 4) is 17.7 Å². The topological polar surface area (TPSA) is 102 Å². The fraction of sp³-hybridized carbons (Fsp3) is 0.440. The van der Waals surface area contributed by atoms with Gasteiger partial charge in [-0.3, -0.25) is 14.2 Å². The normalized spacial score (nSPS) is 18.4. The molecule has 1 saturated heterocycles. The number of hydrogen-bond donors (Lipinski definition) is 1. The quantitative estimate of drug-likeness (QED) is 0.680. The number of aromatic nitrogens is 2. The highest BCUT2D eigenvalue weighted by Gasteiger charge is 2.34. The standard InChI is InChI=1S/C25H27N3O5/c1-16(20-11-9-19(10-12-20)8-7-18-5-6-18)28-17(2)26-22(14-23(28)29)33-15-24(30)27-13-3-4-21(27)25(31)32/h9-12,14,16,18,21H,3-6,13,15H2,1-2H3,(H,31,32)/t16-,21?/m1/s1. The largest absolute Gasteiger partial charge is 0.480 e. The van der Waals surface area contributed by atoms with Crippen molar-refractivity contribution in [1.82, 2.24) is 14.5 Å². The van der Waals surface area contributed by atoms with Gasteiger partial charge in [-0.15, -0.1) is 0 Å². The Morgan fingerprint density at radius 2 is 1.97 bits per heavy atom. The summed E-state index contributed by atoms with van der Waals surface area (Å²) in [7, 11) is 0. The third kappa shape index (κ3) is 5.25. The van der Waals surface area contributed by atoms with Gasteiger partial charge in [0.1, 0.15) is 11.9 Å². The smallest absolute Gasteiger partial charge is 0.326 e. The van der Waals surface area contributed by atoms with Crippen LogP contribution in [0.5, 0.6) is 5.88 Å². The number of nitrogens with zero attached hydrogens (tertiary/aromatic N) is 3. The van der Waals surface area contributed by atoms with Crippen molar-refractivity contribution in [3.05, 3.63) is 57.6 Å². The maximum absolute atomic E-state index is 12.8. The minimum absolute atomic E-state index is 0.0473. The van der Waals surface area contributed by atoms with E-state index in [-0.39, 0.29) is 24.1 Å². The molecule has 2 aliphatic rings. The number of carboxylic acid groups (broad SMARTS) is 1. The fourth-order valence-electron chi connectivity index (χ4n) is 4.07. The number of aryl methyl sites for hydroxylation is 1. The van der Waals surface area contributed by atoms with Crippen LogP contribution in [0.15, 0.2) is 35.1 Å². The Hall–Kier alpha value is -3.60. The zero-order chi connectivity index (χ0) is 23.5. The molecule has 172 valence electrons. The molecule has 33 heavy (non-hydrogen) atoms. The fourth-order valence-corrected chi connectivity index (χ4v) is 4.07. The lowest BCUT2D eigenvalue weighted by molar-refractivity contribution is -0.149. The first-order chi connectivity index (χ1) is 15.8. The first kappa shape index (κ1) is 22.6. The van der Waals surface area contributed by atoms with Gasteiger partial charge < -0.3 is 14.7 Å². The van der Waals surface area contributed by atoms with Crippen LogP contribution in [0.4, 0.5) is 0 Å². The summed E-state index contributed by atoms with van der Waals surface area (Å²) in [5, 5.41) is 9.24. The Balaban J connectivity index is 1.43. The summed E-state index contributed by atoms with van der Waals surface area (Å²) in [5.41, 5.74) is 1.62. The van der Waals surface area contributed by atoms with Crippen LogP contribution >= 0.6 is 0 Å². The highest BCUT2D eigenvalue weighted by atomic mass is 16.5. The molecule has 8 heteroatoms. The molecule has 2 fully saturated rings. The van der Waals surface area contributed by atoms with Gasteiger partial charge in [0.2, 0.25) is 5.88 Å². The van der Waals surface area contributed by atoms with Crippen molar-refractivity contribution in [1.29, 1.82) is 0 Å². The van der Waals surface area contributed by atoms with E-state index >= 15 is 0 Å². The zero-order valence-electron chi connectivity index (χ0n) is 18.8.